The molecule has 136 valence electrons. The average molecular weight is 365 g/mol. The van der Waals surface area contributed by atoms with Crippen LogP contribution in [0.4, 0.5) is 18.9 Å². The summed E-state index contributed by atoms with van der Waals surface area (Å²) >= 11 is 0. The summed E-state index contributed by atoms with van der Waals surface area (Å²) < 4.78 is 45.4. The van der Waals surface area contributed by atoms with E-state index in [9.17, 15) is 28.2 Å². The number of aliphatic hydroxyl groups excluding tert-OH is 1. The summed E-state index contributed by atoms with van der Waals surface area (Å²) in [6, 6.07) is 6.67. The zero-order valence-corrected chi connectivity index (χ0v) is 13.5. The molecule has 2 rings (SSSR count). The third-order valence-electron chi connectivity index (χ3n) is 3.21. The minimum absolute atomic E-state index is 0.0491. The number of phenolic OH excluding ortho intramolecular Hbond substituents is 1. The highest BCUT2D eigenvalue weighted by molar-refractivity contribution is 6.15. The fraction of sp³-hybridized carbons (Fsp3) is 0.111. The zero-order valence-electron chi connectivity index (χ0n) is 13.5. The number of aliphatic imine (C=N–C) groups is 1. The minimum Gasteiger partial charge on any atom is -0.506 e. The summed E-state index contributed by atoms with van der Waals surface area (Å²) in [6.45, 7) is 1.43. The maximum absolute atomic E-state index is 13.9. The Morgan fingerprint density at radius 3 is 2.58 bits per heavy atom. The molecule has 0 amide bonds. The normalized spacial score (nSPS) is 12.2. The Bertz CT molecular complexity index is 894. The molecule has 0 saturated heterocycles. The summed E-state index contributed by atoms with van der Waals surface area (Å²) in [6.07, 6.45) is 0.810. The zero-order chi connectivity index (χ0) is 19.3. The van der Waals surface area contributed by atoms with Gasteiger partial charge in [-0.3, -0.25) is 4.99 Å². The first-order chi connectivity index (χ1) is 12.3. The van der Waals surface area contributed by atoms with Gasteiger partial charge in [-0.05, 0) is 25.1 Å². The molecule has 2 aromatic carbocycles. The maximum Gasteiger partial charge on any atom is 0.343 e. The largest absolute Gasteiger partial charge is 0.506 e. The van der Waals surface area contributed by atoms with E-state index in [0.717, 1.165) is 6.21 Å². The van der Waals surface area contributed by atoms with E-state index in [1.54, 1.807) is 12.1 Å². The monoisotopic (exact) mass is 365 g/mol. The van der Waals surface area contributed by atoms with Gasteiger partial charge in [0.05, 0.1) is 12.2 Å². The Morgan fingerprint density at radius 2 is 1.92 bits per heavy atom. The van der Waals surface area contributed by atoms with Gasteiger partial charge in [-0.15, -0.1) is 0 Å². The molecule has 0 aromatic heterocycles. The van der Waals surface area contributed by atoms with Crippen LogP contribution in [0.3, 0.4) is 0 Å². The van der Waals surface area contributed by atoms with E-state index in [1.807, 2.05) is 0 Å². The number of phenols is 1. The van der Waals surface area contributed by atoms with Gasteiger partial charge in [0.2, 0.25) is 0 Å². The lowest BCUT2D eigenvalue weighted by Crippen LogP contribution is -2.12. The van der Waals surface area contributed by atoms with Crippen LogP contribution in [0.15, 0.2) is 47.0 Å². The second kappa shape index (κ2) is 8.19. The fourth-order valence-corrected chi connectivity index (χ4v) is 2.00. The molecule has 0 bridgehead atoms. The summed E-state index contributed by atoms with van der Waals surface area (Å²) in [5, 5.41) is 19.9. The molecule has 2 N–H and O–H groups in total. The second-order valence-electron chi connectivity index (χ2n) is 4.98. The first kappa shape index (κ1) is 19.0. The number of para-hydroxylation sites is 2. The van der Waals surface area contributed by atoms with Gasteiger partial charge in [-0.1, -0.05) is 12.1 Å². The third-order valence-corrected chi connectivity index (χ3v) is 3.21. The summed E-state index contributed by atoms with van der Waals surface area (Å²) in [7, 11) is 0. The number of carbonyl (C=O) groups excluding carboxylic acids is 1. The smallest absolute Gasteiger partial charge is 0.343 e. The van der Waals surface area contributed by atoms with Gasteiger partial charge in [-0.2, -0.15) is 0 Å². The second-order valence-corrected chi connectivity index (χ2v) is 4.98. The molecule has 2 aromatic rings. The number of aliphatic hydroxyl groups is 1. The first-order valence-electron chi connectivity index (χ1n) is 7.42. The van der Waals surface area contributed by atoms with E-state index < -0.39 is 40.3 Å². The molecule has 0 fully saturated rings. The van der Waals surface area contributed by atoms with Crippen molar-refractivity contribution < 1.29 is 32.9 Å². The quantitative estimate of drug-likeness (QED) is 0.276. The number of hydrogen-bond acceptors (Lipinski definition) is 5. The van der Waals surface area contributed by atoms with Crippen molar-refractivity contribution in [1.82, 2.24) is 0 Å². The van der Waals surface area contributed by atoms with Crippen molar-refractivity contribution in [2.45, 2.75) is 6.92 Å². The molecule has 0 atom stereocenters. The molecular weight excluding hydrogens is 351 g/mol. The number of rotatable bonds is 5. The molecule has 0 spiro atoms. The van der Waals surface area contributed by atoms with E-state index in [2.05, 4.69) is 4.99 Å². The van der Waals surface area contributed by atoms with Crippen molar-refractivity contribution in [2.24, 2.45) is 4.99 Å². The number of aromatic hydroxyl groups is 1. The highest BCUT2D eigenvalue weighted by Crippen LogP contribution is 2.26. The number of hydrogen-bond donors (Lipinski definition) is 2. The van der Waals surface area contributed by atoms with Gasteiger partial charge in [0, 0.05) is 12.3 Å². The number of esters is 1. The molecule has 5 nitrogen and oxygen atoms in total. The molecule has 8 heteroatoms. The fourth-order valence-electron chi connectivity index (χ4n) is 2.00. The molecule has 0 heterocycles. The maximum atomic E-state index is 13.9. The summed E-state index contributed by atoms with van der Waals surface area (Å²) in [4.78, 5) is 15.9. The van der Waals surface area contributed by atoms with E-state index in [4.69, 9.17) is 4.74 Å². The third kappa shape index (κ3) is 4.21. The molecule has 0 saturated carbocycles. The molecule has 0 aliphatic carbocycles. The van der Waals surface area contributed by atoms with Crippen molar-refractivity contribution in [3.8, 4) is 5.75 Å². The van der Waals surface area contributed by atoms with Crippen molar-refractivity contribution >= 4 is 23.6 Å². The Balaban J connectivity index is 2.59. The Hall–Kier alpha value is -3.29. The number of ether oxygens (including phenoxy) is 1. The van der Waals surface area contributed by atoms with Crippen LogP contribution in [-0.4, -0.2) is 29.0 Å². The number of benzene rings is 2. The van der Waals surface area contributed by atoms with E-state index in [0.29, 0.717) is 12.1 Å². The van der Waals surface area contributed by atoms with Crippen molar-refractivity contribution in [1.29, 1.82) is 0 Å². The lowest BCUT2D eigenvalue weighted by molar-refractivity contribution is -0.137. The molecule has 26 heavy (non-hydrogen) atoms. The van der Waals surface area contributed by atoms with Gasteiger partial charge >= 0.3 is 5.97 Å². The van der Waals surface area contributed by atoms with Gasteiger partial charge in [0.25, 0.3) is 0 Å². The first-order valence-corrected chi connectivity index (χ1v) is 7.42. The van der Waals surface area contributed by atoms with Crippen LogP contribution in [0.5, 0.6) is 5.75 Å². The molecule has 0 aliphatic heterocycles. The van der Waals surface area contributed by atoms with E-state index >= 15 is 0 Å². The van der Waals surface area contributed by atoms with E-state index in [-0.39, 0.29) is 18.0 Å². The van der Waals surface area contributed by atoms with Crippen LogP contribution in [0, 0.1) is 17.5 Å². The van der Waals surface area contributed by atoms with Gasteiger partial charge in [0.1, 0.15) is 28.6 Å². The molecule has 0 radical (unpaired) electrons. The Labute approximate surface area is 146 Å². The highest BCUT2D eigenvalue weighted by Gasteiger charge is 2.21. The van der Waals surface area contributed by atoms with Crippen molar-refractivity contribution in [2.75, 3.05) is 6.61 Å². The number of halogens is 3. The summed E-state index contributed by atoms with van der Waals surface area (Å²) in [5.74, 6) is -6.58. The predicted molar refractivity (Wildman–Crippen MR) is 88.8 cm³/mol. The molecule has 0 unspecified atom stereocenters. The highest BCUT2D eigenvalue weighted by atomic mass is 19.2. The summed E-state index contributed by atoms with van der Waals surface area (Å²) in [5.41, 5.74) is -1.46. The van der Waals surface area contributed by atoms with Crippen molar-refractivity contribution in [3.63, 3.8) is 0 Å². The SMILES string of the molecule is CCOC(=O)C(C=Nc1ccccc1O)=C(O)c1cc(F)cc(F)c1F. The van der Waals surface area contributed by atoms with Gasteiger partial charge in [-0.25, -0.2) is 18.0 Å². The molecule has 0 aliphatic rings. The van der Waals surface area contributed by atoms with E-state index in [1.165, 1.54) is 19.1 Å². The van der Waals surface area contributed by atoms with Crippen LogP contribution >= 0.6 is 0 Å². The van der Waals surface area contributed by atoms with Crippen LogP contribution in [0.25, 0.3) is 5.76 Å². The van der Waals surface area contributed by atoms with Crippen LogP contribution in [-0.2, 0) is 9.53 Å². The van der Waals surface area contributed by atoms with Crippen molar-refractivity contribution in [3.05, 3.63) is 65.0 Å². The van der Waals surface area contributed by atoms with Gasteiger partial charge < -0.3 is 14.9 Å². The Morgan fingerprint density at radius 1 is 1.23 bits per heavy atom. The predicted octanol–water partition coefficient (Wildman–Crippen LogP) is 4.04. The standard InChI is InChI=1S/C18H14F3NO4/c1-2-26-18(25)12(9-22-14-5-3-4-6-15(14)23)17(24)11-7-10(19)8-13(20)16(11)21/h3-9,23-24H,2H2,1H3. The Kier molecular flexibility index (Phi) is 6.00. The average Bonchev–Trinajstić information content (AvgIpc) is 2.59. The number of nitrogens with zero attached hydrogens (tertiary/aromatic N) is 1. The van der Waals surface area contributed by atoms with Crippen LogP contribution < -0.4 is 0 Å². The lowest BCUT2D eigenvalue weighted by atomic mass is 10.1. The van der Waals surface area contributed by atoms with Crippen LogP contribution in [0.2, 0.25) is 0 Å². The lowest BCUT2D eigenvalue weighted by Gasteiger charge is -2.08. The topological polar surface area (TPSA) is 79.1 Å². The minimum atomic E-state index is -1.54. The van der Waals surface area contributed by atoms with Gasteiger partial charge in [0.15, 0.2) is 11.6 Å². The number of carbonyl (C=O) groups is 1. The van der Waals surface area contributed by atoms with Crippen LogP contribution in [0.1, 0.15) is 12.5 Å². The molecular formula is C18H14F3NO4.